The molecule has 1 aromatic heterocycles. The van der Waals surface area contributed by atoms with Crippen molar-refractivity contribution in [2.45, 2.75) is 43.3 Å². The number of H-pyrrole nitrogens is 1. The molecule has 0 amide bonds. The van der Waals surface area contributed by atoms with Crippen LogP contribution in [0.15, 0.2) is 35.9 Å². The van der Waals surface area contributed by atoms with Crippen LogP contribution in [0.1, 0.15) is 48.2 Å². The lowest BCUT2D eigenvalue weighted by Crippen LogP contribution is -2.33. The molecule has 0 unspecified atom stereocenters. The van der Waals surface area contributed by atoms with Gasteiger partial charge in [-0.25, -0.2) is 8.42 Å². The first-order valence-corrected chi connectivity index (χ1v) is 9.84. The van der Waals surface area contributed by atoms with Crippen LogP contribution in [0.3, 0.4) is 0 Å². The van der Waals surface area contributed by atoms with Crippen molar-refractivity contribution in [1.82, 2.24) is 14.5 Å². The zero-order valence-electron chi connectivity index (χ0n) is 15.0. The van der Waals surface area contributed by atoms with Crippen LogP contribution >= 0.6 is 0 Å². The number of fused-ring (bicyclic) bond motifs is 1. The molecule has 0 fully saturated rings. The van der Waals surface area contributed by atoms with Gasteiger partial charge >= 0.3 is 6.18 Å². The number of sulfonamides is 1. The number of hydrogen-bond donors (Lipinski definition) is 1. The summed E-state index contributed by atoms with van der Waals surface area (Å²) >= 11 is 0. The lowest BCUT2D eigenvalue weighted by molar-refractivity contribution is -0.137. The van der Waals surface area contributed by atoms with Crippen LogP contribution in [0.25, 0.3) is 5.57 Å². The van der Waals surface area contributed by atoms with Crippen LogP contribution in [0.5, 0.6) is 0 Å². The number of nitrogens with zero attached hydrogens (tertiary/aromatic N) is 2. The largest absolute Gasteiger partial charge is 0.416 e. The van der Waals surface area contributed by atoms with Gasteiger partial charge in [-0.1, -0.05) is 12.2 Å². The number of hydrogen-bond acceptors (Lipinski definition) is 3. The smallest absolute Gasteiger partial charge is 0.282 e. The van der Waals surface area contributed by atoms with Crippen molar-refractivity contribution in [1.29, 1.82) is 0 Å². The van der Waals surface area contributed by atoms with E-state index in [1.165, 1.54) is 20.0 Å². The third-order valence-electron chi connectivity index (χ3n) is 4.86. The standard InChI is InChI=1S/C18H20F3N3O2S/c1-11(2)12-7-13(18(19,20)21)9-14(8-12)27(25,26)24(3)17-6-4-5-16-15(17)10-22-23-16/h7-10,17H,1,4-6H2,2-3H3,(H,22,23)/t17-/m1/s1. The van der Waals surface area contributed by atoms with Crippen LogP contribution in [0, 0.1) is 0 Å². The van der Waals surface area contributed by atoms with Gasteiger partial charge in [0.05, 0.1) is 22.7 Å². The highest BCUT2D eigenvalue weighted by atomic mass is 32.2. The highest BCUT2D eigenvalue weighted by molar-refractivity contribution is 7.89. The maximum Gasteiger partial charge on any atom is 0.416 e. The molecule has 2 aromatic rings. The number of aromatic nitrogens is 2. The summed E-state index contributed by atoms with van der Waals surface area (Å²) in [6.07, 6.45) is -0.968. The number of allylic oxidation sites excluding steroid dienone is 1. The molecular formula is C18H20F3N3O2S. The number of alkyl halides is 3. The van der Waals surface area contributed by atoms with Crippen molar-refractivity contribution in [3.8, 4) is 0 Å². The highest BCUT2D eigenvalue weighted by Gasteiger charge is 2.36. The molecule has 1 aliphatic rings. The molecule has 1 atom stereocenters. The van der Waals surface area contributed by atoms with E-state index in [1.807, 2.05) is 0 Å². The van der Waals surface area contributed by atoms with Gasteiger partial charge in [-0.15, -0.1) is 0 Å². The molecule has 0 aliphatic heterocycles. The van der Waals surface area contributed by atoms with Gasteiger partial charge in [-0.3, -0.25) is 5.10 Å². The van der Waals surface area contributed by atoms with Crippen LogP contribution in [0.4, 0.5) is 13.2 Å². The van der Waals surface area contributed by atoms with Crippen LogP contribution in [-0.2, 0) is 22.6 Å². The summed E-state index contributed by atoms with van der Waals surface area (Å²) in [6, 6.07) is 2.36. The molecule has 0 saturated heterocycles. The van der Waals surface area contributed by atoms with Gasteiger partial charge in [0.25, 0.3) is 0 Å². The molecule has 0 spiro atoms. The molecule has 1 heterocycles. The average molecular weight is 399 g/mol. The van der Waals surface area contributed by atoms with Crippen LogP contribution in [0.2, 0.25) is 0 Å². The van der Waals surface area contributed by atoms with E-state index in [1.54, 1.807) is 6.20 Å². The van der Waals surface area contributed by atoms with E-state index in [2.05, 4.69) is 16.8 Å². The molecule has 5 nitrogen and oxygen atoms in total. The Bertz CT molecular complexity index is 980. The molecule has 0 bridgehead atoms. The summed E-state index contributed by atoms with van der Waals surface area (Å²) in [5.41, 5.74) is 1.11. The Morgan fingerprint density at radius 2 is 2.04 bits per heavy atom. The molecule has 0 saturated carbocycles. The van der Waals surface area contributed by atoms with E-state index < -0.39 is 32.7 Å². The molecule has 3 rings (SSSR count). The maximum atomic E-state index is 13.3. The lowest BCUT2D eigenvalue weighted by Gasteiger charge is -2.30. The number of aryl methyl sites for hydroxylation is 1. The van der Waals surface area contributed by atoms with Crippen molar-refractivity contribution in [2.24, 2.45) is 0 Å². The van der Waals surface area contributed by atoms with E-state index in [9.17, 15) is 21.6 Å². The SMILES string of the molecule is C=C(C)c1cc(C(F)(F)F)cc(S(=O)(=O)N(C)[C@@H]2CCCc3[nH]ncc32)c1. The van der Waals surface area contributed by atoms with Crippen molar-refractivity contribution >= 4 is 15.6 Å². The molecule has 1 aliphatic carbocycles. The predicted molar refractivity (Wildman–Crippen MR) is 95.4 cm³/mol. The lowest BCUT2D eigenvalue weighted by atomic mass is 9.93. The molecule has 9 heteroatoms. The Labute approximate surface area is 155 Å². The van der Waals surface area contributed by atoms with Crippen molar-refractivity contribution in [3.63, 3.8) is 0 Å². The van der Waals surface area contributed by atoms with Crippen LogP contribution < -0.4 is 0 Å². The average Bonchev–Trinajstić information content (AvgIpc) is 3.08. The molecule has 146 valence electrons. The second-order valence-corrected chi connectivity index (χ2v) is 8.75. The number of halogens is 3. The first-order valence-electron chi connectivity index (χ1n) is 8.40. The number of rotatable bonds is 4. The van der Waals surface area contributed by atoms with Gasteiger partial charge in [0.2, 0.25) is 10.0 Å². The van der Waals surface area contributed by atoms with E-state index in [0.29, 0.717) is 18.1 Å². The van der Waals surface area contributed by atoms with Gasteiger partial charge in [-0.2, -0.15) is 22.6 Å². The van der Waals surface area contributed by atoms with E-state index in [4.69, 9.17) is 0 Å². The summed E-state index contributed by atoms with van der Waals surface area (Å²) < 4.78 is 67.1. The minimum atomic E-state index is -4.66. The third kappa shape index (κ3) is 3.66. The monoisotopic (exact) mass is 399 g/mol. The van der Waals surface area contributed by atoms with Crippen molar-refractivity contribution in [3.05, 3.63) is 53.4 Å². The second kappa shape index (κ2) is 6.79. The fraction of sp³-hybridized carbons (Fsp3) is 0.389. The fourth-order valence-corrected chi connectivity index (χ4v) is 4.75. The number of benzene rings is 1. The van der Waals surface area contributed by atoms with Crippen molar-refractivity contribution < 1.29 is 21.6 Å². The van der Waals surface area contributed by atoms with Crippen molar-refractivity contribution in [2.75, 3.05) is 7.05 Å². The summed E-state index contributed by atoms with van der Waals surface area (Å²) in [7, 11) is -2.76. The third-order valence-corrected chi connectivity index (χ3v) is 6.70. The molecular weight excluding hydrogens is 379 g/mol. The molecule has 0 radical (unpaired) electrons. The van der Waals surface area contributed by atoms with Gasteiger partial charge in [-0.05, 0) is 49.9 Å². The van der Waals surface area contributed by atoms with Gasteiger partial charge in [0.15, 0.2) is 0 Å². The van der Waals surface area contributed by atoms with Gasteiger partial charge < -0.3 is 0 Å². The Hall–Kier alpha value is -2.13. The summed E-state index contributed by atoms with van der Waals surface area (Å²) in [4.78, 5) is -0.395. The maximum absolute atomic E-state index is 13.3. The summed E-state index contributed by atoms with van der Waals surface area (Å²) in [5, 5.41) is 6.82. The fourth-order valence-electron chi connectivity index (χ4n) is 3.31. The number of aromatic amines is 1. The number of nitrogens with one attached hydrogen (secondary N) is 1. The normalized spacial score (nSPS) is 17.8. The first-order chi connectivity index (χ1) is 12.5. The zero-order valence-corrected chi connectivity index (χ0v) is 15.8. The molecule has 27 heavy (non-hydrogen) atoms. The Morgan fingerprint density at radius 3 is 2.67 bits per heavy atom. The van der Waals surface area contributed by atoms with E-state index in [0.717, 1.165) is 34.5 Å². The second-order valence-electron chi connectivity index (χ2n) is 6.76. The zero-order chi connectivity index (χ0) is 20.0. The first kappa shape index (κ1) is 19.6. The Balaban J connectivity index is 2.07. The minimum Gasteiger partial charge on any atom is -0.282 e. The quantitative estimate of drug-likeness (QED) is 0.840. The predicted octanol–water partition coefficient (Wildman–Crippen LogP) is 4.16. The van der Waals surface area contributed by atoms with E-state index >= 15 is 0 Å². The summed E-state index contributed by atoms with van der Waals surface area (Å²) in [5.74, 6) is 0. The topological polar surface area (TPSA) is 66.1 Å². The minimum absolute atomic E-state index is 0.143. The van der Waals surface area contributed by atoms with Crippen LogP contribution in [-0.4, -0.2) is 30.0 Å². The summed E-state index contributed by atoms with van der Waals surface area (Å²) in [6.45, 7) is 5.18. The van der Waals surface area contributed by atoms with Gasteiger partial charge in [0, 0.05) is 18.3 Å². The Kier molecular flexibility index (Phi) is 4.94. The Morgan fingerprint density at radius 1 is 1.33 bits per heavy atom. The van der Waals surface area contributed by atoms with E-state index in [-0.39, 0.29) is 5.56 Å². The van der Waals surface area contributed by atoms with Gasteiger partial charge in [0.1, 0.15) is 0 Å². The highest BCUT2D eigenvalue weighted by Crippen LogP contribution is 2.38. The molecule has 1 N–H and O–H groups in total. The molecule has 1 aromatic carbocycles.